The first-order valence-electron chi connectivity index (χ1n) is 7.98. The van der Waals surface area contributed by atoms with Crippen LogP contribution in [0.4, 0.5) is 11.4 Å². The molecule has 4 N–H and O–H groups in total. The molecule has 0 fully saturated rings. The van der Waals surface area contributed by atoms with Gasteiger partial charge in [-0.2, -0.15) is 0 Å². The van der Waals surface area contributed by atoms with Gasteiger partial charge in [0.05, 0.1) is 5.92 Å². The predicted molar refractivity (Wildman–Crippen MR) is 96.8 cm³/mol. The highest BCUT2D eigenvalue weighted by Crippen LogP contribution is 2.19. The van der Waals surface area contributed by atoms with E-state index in [0.29, 0.717) is 11.4 Å². The topological polar surface area (TPSA) is 84.2 Å². The fraction of sp³-hybridized carbons (Fsp3) is 0.263. The summed E-state index contributed by atoms with van der Waals surface area (Å²) in [5.74, 6) is -0.672. The quantitative estimate of drug-likeness (QED) is 0.763. The molecule has 0 radical (unpaired) electrons. The standard InChI is InChI=1S/C19H23N3O2/c1-13(2)18(23)21-15-8-10-16(11-9-15)22-19(24)17(12-20)14-6-4-3-5-7-14/h3-11,13,17H,12,20H2,1-2H3,(H,21,23)(H,22,24). The summed E-state index contributed by atoms with van der Waals surface area (Å²) < 4.78 is 0. The molecule has 2 aromatic rings. The Kier molecular flexibility index (Phi) is 6.09. The van der Waals surface area contributed by atoms with Gasteiger partial charge >= 0.3 is 0 Å². The molecule has 0 bridgehead atoms. The zero-order chi connectivity index (χ0) is 17.5. The minimum absolute atomic E-state index is 0.0425. The first-order chi connectivity index (χ1) is 11.5. The molecule has 0 saturated heterocycles. The summed E-state index contributed by atoms with van der Waals surface area (Å²) in [6, 6.07) is 16.5. The number of nitrogens with two attached hydrogens (primary N) is 1. The van der Waals surface area contributed by atoms with Crippen molar-refractivity contribution in [3.8, 4) is 0 Å². The third-order valence-electron chi connectivity index (χ3n) is 3.70. The lowest BCUT2D eigenvalue weighted by Crippen LogP contribution is -2.27. The van der Waals surface area contributed by atoms with Crippen molar-refractivity contribution in [1.29, 1.82) is 0 Å². The van der Waals surface area contributed by atoms with Crippen molar-refractivity contribution in [3.63, 3.8) is 0 Å². The van der Waals surface area contributed by atoms with Gasteiger partial charge in [0.2, 0.25) is 11.8 Å². The highest BCUT2D eigenvalue weighted by Gasteiger charge is 2.18. The van der Waals surface area contributed by atoms with Gasteiger partial charge < -0.3 is 16.4 Å². The Hall–Kier alpha value is -2.66. The van der Waals surface area contributed by atoms with Gasteiger partial charge in [0.15, 0.2) is 0 Å². The Morgan fingerprint density at radius 2 is 1.38 bits per heavy atom. The molecule has 0 aliphatic heterocycles. The van der Waals surface area contributed by atoms with E-state index in [-0.39, 0.29) is 24.3 Å². The average molecular weight is 325 g/mol. The van der Waals surface area contributed by atoms with E-state index in [2.05, 4.69) is 10.6 Å². The van der Waals surface area contributed by atoms with Gasteiger partial charge in [-0.1, -0.05) is 44.2 Å². The first-order valence-corrected chi connectivity index (χ1v) is 7.98. The highest BCUT2D eigenvalue weighted by atomic mass is 16.2. The lowest BCUT2D eigenvalue weighted by molar-refractivity contribution is -0.119. The molecular formula is C19H23N3O2. The maximum atomic E-state index is 12.4. The van der Waals surface area contributed by atoms with E-state index < -0.39 is 5.92 Å². The number of carbonyl (C=O) groups excluding carboxylic acids is 2. The van der Waals surface area contributed by atoms with Crippen molar-refractivity contribution in [2.24, 2.45) is 11.7 Å². The lowest BCUT2D eigenvalue weighted by atomic mass is 9.98. The van der Waals surface area contributed by atoms with Crippen molar-refractivity contribution >= 4 is 23.2 Å². The zero-order valence-corrected chi connectivity index (χ0v) is 14.0. The fourth-order valence-electron chi connectivity index (χ4n) is 2.23. The molecule has 0 saturated carbocycles. The van der Waals surface area contributed by atoms with Crippen LogP contribution in [0, 0.1) is 5.92 Å². The van der Waals surface area contributed by atoms with Crippen LogP contribution in [0.3, 0.4) is 0 Å². The number of rotatable bonds is 6. The molecule has 2 rings (SSSR count). The van der Waals surface area contributed by atoms with Crippen LogP contribution in [0.25, 0.3) is 0 Å². The Balaban J connectivity index is 2.02. The molecule has 2 aromatic carbocycles. The lowest BCUT2D eigenvalue weighted by Gasteiger charge is -2.15. The summed E-state index contributed by atoms with van der Waals surface area (Å²) in [4.78, 5) is 24.1. The number of hydrogen-bond acceptors (Lipinski definition) is 3. The zero-order valence-electron chi connectivity index (χ0n) is 14.0. The number of hydrogen-bond donors (Lipinski definition) is 3. The molecule has 0 aliphatic rings. The molecule has 0 aliphatic carbocycles. The number of anilines is 2. The Labute approximate surface area is 142 Å². The monoisotopic (exact) mass is 325 g/mol. The SMILES string of the molecule is CC(C)C(=O)Nc1ccc(NC(=O)C(CN)c2ccccc2)cc1. The molecule has 1 atom stereocenters. The van der Waals surface area contributed by atoms with Gasteiger partial charge in [0, 0.05) is 23.8 Å². The van der Waals surface area contributed by atoms with Crippen molar-refractivity contribution in [2.45, 2.75) is 19.8 Å². The minimum atomic E-state index is -0.397. The molecule has 126 valence electrons. The molecular weight excluding hydrogens is 302 g/mol. The van der Waals surface area contributed by atoms with Crippen LogP contribution in [0.15, 0.2) is 54.6 Å². The van der Waals surface area contributed by atoms with Gasteiger partial charge in [-0.05, 0) is 29.8 Å². The van der Waals surface area contributed by atoms with Crippen LogP contribution in [-0.2, 0) is 9.59 Å². The van der Waals surface area contributed by atoms with Gasteiger partial charge in [-0.25, -0.2) is 0 Å². The van der Waals surface area contributed by atoms with Gasteiger partial charge in [-0.3, -0.25) is 9.59 Å². The van der Waals surface area contributed by atoms with Crippen molar-refractivity contribution in [3.05, 3.63) is 60.2 Å². The van der Waals surface area contributed by atoms with Crippen molar-refractivity contribution in [1.82, 2.24) is 0 Å². The number of carbonyl (C=O) groups is 2. The summed E-state index contributed by atoms with van der Waals surface area (Å²) in [5, 5.41) is 5.67. The Bertz CT molecular complexity index is 682. The highest BCUT2D eigenvalue weighted by molar-refractivity contribution is 5.96. The second-order valence-electron chi connectivity index (χ2n) is 5.91. The molecule has 0 aromatic heterocycles. The van der Waals surface area contributed by atoms with E-state index in [4.69, 9.17) is 5.73 Å². The van der Waals surface area contributed by atoms with Crippen LogP contribution < -0.4 is 16.4 Å². The van der Waals surface area contributed by atoms with E-state index in [1.54, 1.807) is 24.3 Å². The molecule has 2 amide bonds. The molecule has 1 unspecified atom stereocenters. The number of amides is 2. The normalized spacial score (nSPS) is 11.8. The average Bonchev–Trinajstić information content (AvgIpc) is 2.58. The first kappa shape index (κ1) is 17.7. The minimum Gasteiger partial charge on any atom is -0.329 e. The molecule has 5 heteroatoms. The van der Waals surface area contributed by atoms with Crippen LogP contribution in [-0.4, -0.2) is 18.4 Å². The third kappa shape index (κ3) is 4.67. The van der Waals surface area contributed by atoms with E-state index in [0.717, 1.165) is 5.56 Å². The molecule has 24 heavy (non-hydrogen) atoms. The van der Waals surface area contributed by atoms with E-state index in [9.17, 15) is 9.59 Å². The van der Waals surface area contributed by atoms with Crippen LogP contribution in [0.2, 0.25) is 0 Å². The molecule has 0 spiro atoms. The Morgan fingerprint density at radius 3 is 1.83 bits per heavy atom. The number of benzene rings is 2. The largest absolute Gasteiger partial charge is 0.329 e. The van der Waals surface area contributed by atoms with Crippen LogP contribution in [0.5, 0.6) is 0 Å². The van der Waals surface area contributed by atoms with Crippen LogP contribution in [0.1, 0.15) is 25.3 Å². The Morgan fingerprint density at radius 1 is 0.875 bits per heavy atom. The van der Waals surface area contributed by atoms with Gasteiger partial charge in [0.25, 0.3) is 0 Å². The van der Waals surface area contributed by atoms with Crippen LogP contribution >= 0.6 is 0 Å². The second kappa shape index (κ2) is 8.26. The maximum absolute atomic E-state index is 12.4. The summed E-state index contributed by atoms with van der Waals surface area (Å²) in [7, 11) is 0. The predicted octanol–water partition coefficient (Wildman–Crippen LogP) is 2.96. The summed E-state index contributed by atoms with van der Waals surface area (Å²) >= 11 is 0. The second-order valence-corrected chi connectivity index (χ2v) is 5.91. The summed E-state index contributed by atoms with van der Waals surface area (Å²) in [6.07, 6.45) is 0. The fourth-order valence-corrected chi connectivity index (χ4v) is 2.23. The van der Waals surface area contributed by atoms with E-state index in [1.165, 1.54) is 0 Å². The smallest absolute Gasteiger partial charge is 0.233 e. The van der Waals surface area contributed by atoms with E-state index in [1.807, 2.05) is 44.2 Å². The van der Waals surface area contributed by atoms with Crippen molar-refractivity contribution in [2.75, 3.05) is 17.2 Å². The number of nitrogens with one attached hydrogen (secondary N) is 2. The molecule has 0 heterocycles. The van der Waals surface area contributed by atoms with Gasteiger partial charge in [-0.15, -0.1) is 0 Å². The summed E-state index contributed by atoms with van der Waals surface area (Å²) in [5.41, 5.74) is 8.01. The third-order valence-corrected chi connectivity index (χ3v) is 3.70. The van der Waals surface area contributed by atoms with Crippen molar-refractivity contribution < 1.29 is 9.59 Å². The molecule has 5 nitrogen and oxygen atoms in total. The van der Waals surface area contributed by atoms with E-state index >= 15 is 0 Å². The van der Waals surface area contributed by atoms with Gasteiger partial charge in [0.1, 0.15) is 0 Å². The summed E-state index contributed by atoms with van der Waals surface area (Å²) in [6.45, 7) is 3.90. The maximum Gasteiger partial charge on any atom is 0.233 e.